The molecule has 0 heterocycles. The largest absolute Gasteiger partial charge is 0.426 e. The number of rotatable bonds is 6. The molecule has 5 nitrogen and oxygen atoms in total. The van der Waals surface area contributed by atoms with Gasteiger partial charge in [-0.05, 0) is 25.0 Å². The summed E-state index contributed by atoms with van der Waals surface area (Å²) in [4.78, 5) is 22.9. The molecule has 0 spiro atoms. The topological polar surface area (TPSA) is 81.4 Å². The van der Waals surface area contributed by atoms with E-state index >= 15 is 0 Å². The molecule has 0 radical (unpaired) electrons. The summed E-state index contributed by atoms with van der Waals surface area (Å²) in [6.07, 6.45) is 2.09. The zero-order valence-electron chi connectivity index (χ0n) is 12.0. The van der Waals surface area contributed by atoms with Crippen molar-refractivity contribution in [1.29, 1.82) is 0 Å². The van der Waals surface area contributed by atoms with Crippen LogP contribution in [0.4, 0.5) is 10.5 Å². The number of esters is 1. The molecule has 2 aromatic rings. The van der Waals surface area contributed by atoms with Crippen LogP contribution in [0, 0.1) is 0 Å². The first kappa shape index (κ1) is 16.3. The van der Waals surface area contributed by atoms with Crippen LogP contribution in [0.5, 0.6) is 5.75 Å². The summed E-state index contributed by atoms with van der Waals surface area (Å²) in [5, 5.41) is 4.96. The van der Waals surface area contributed by atoms with E-state index in [9.17, 15) is 9.59 Å². The van der Waals surface area contributed by atoms with Gasteiger partial charge in [0.2, 0.25) is 0 Å². The van der Waals surface area contributed by atoms with E-state index in [0.717, 1.165) is 28.9 Å². The Kier molecular flexibility index (Phi) is 5.77. The zero-order valence-corrected chi connectivity index (χ0v) is 13.6. The van der Waals surface area contributed by atoms with Crippen LogP contribution in [-0.4, -0.2) is 17.3 Å². The van der Waals surface area contributed by atoms with Crippen molar-refractivity contribution < 1.29 is 14.3 Å². The number of carbonyl (C=O) groups excluding carboxylic acids is 2. The van der Waals surface area contributed by atoms with E-state index in [0.29, 0.717) is 17.9 Å². The Bertz CT molecular complexity index is 688. The molecular weight excluding hydrogens is 348 g/mol. The molecule has 0 saturated heterocycles. The number of alkyl halides is 1. The van der Waals surface area contributed by atoms with Crippen molar-refractivity contribution in [3.63, 3.8) is 0 Å². The Morgan fingerprint density at radius 1 is 1.09 bits per heavy atom. The van der Waals surface area contributed by atoms with Crippen molar-refractivity contribution in [3.8, 4) is 5.75 Å². The molecule has 6 heteroatoms. The Labute approximate surface area is 136 Å². The number of urea groups is 1. The number of benzene rings is 2. The molecule has 2 amide bonds. The number of primary amides is 1. The zero-order chi connectivity index (χ0) is 15.9. The standard InChI is InChI=1S/C16H17BrN2O3/c17-10-4-3-7-15(20)22-14-9-8-13(19-16(18)21)11-5-1-2-6-12(11)14/h1-2,5-6,8-9H,3-4,7,10H2,(H3,18,19,21). The summed E-state index contributed by atoms with van der Waals surface area (Å²) in [6.45, 7) is 0. The first-order valence-electron chi connectivity index (χ1n) is 6.96. The Morgan fingerprint density at radius 2 is 1.82 bits per heavy atom. The van der Waals surface area contributed by atoms with Gasteiger partial charge in [-0.1, -0.05) is 40.2 Å². The summed E-state index contributed by atoms with van der Waals surface area (Å²) in [6, 6.07) is 10.1. The fourth-order valence-corrected chi connectivity index (χ4v) is 2.54. The van der Waals surface area contributed by atoms with Gasteiger partial charge in [-0.25, -0.2) is 4.79 Å². The number of hydrogen-bond donors (Lipinski definition) is 2. The highest BCUT2D eigenvalue weighted by atomic mass is 79.9. The minimum Gasteiger partial charge on any atom is -0.426 e. The minimum absolute atomic E-state index is 0.262. The molecule has 0 bridgehead atoms. The van der Waals surface area contributed by atoms with E-state index in [1.807, 2.05) is 24.3 Å². The second-order valence-electron chi connectivity index (χ2n) is 4.77. The highest BCUT2D eigenvalue weighted by Crippen LogP contribution is 2.31. The lowest BCUT2D eigenvalue weighted by molar-refractivity contribution is -0.134. The van der Waals surface area contributed by atoms with Crippen LogP contribution >= 0.6 is 15.9 Å². The first-order chi connectivity index (χ1) is 10.6. The van der Waals surface area contributed by atoms with Gasteiger partial charge in [-0.3, -0.25) is 4.79 Å². The van der Waals surface area contributed by atoms with Crippen LogP contribution in [0.1, 0.15) is 19.3 Å². The third-order valence-corrected chi connectivity index (χ3v) is 3.69. The summed E-state index contributed by atoms with van der Waals surface area (Å²) in [5.41, 5.74) is 5.75. The van der Waals surface area contributed by atoms with Gasteiger partial charge in [0.15, 0.2) is 0 Å². The maximum atomic E-state index is 11.9. The average Bonchev–Trinajstić information content (AvgIpc) is 2.49. The Hall–Kier alpha value is -2.08. The number of carbonyl (C=O) groups is 2. The second kappa shape index (κ2) is 7.79. The molecule has 0 unspecified atom stereocenters. The van der Waals surface area contributed by atoms with E-state index in [2.05, 4.69) is 21.2 Å². The van der Waals surface area contributed by atoms with Gasteiger partial charge in [0.05, 0.1) is 5.69 Å². The van der Waals surface area contributed by atoms with E-state index < -0.39 is 6.03 Å². The second-order valence-corrected chi connectivity index (χ2v) is 5.56. The highest BCUT2D eigenvalue weighted by Gasteiger charge is 2.11. The summed E-state index contributed by atoms with van der Waals surface area (Å²) in [5.74, 6) is 0.219. The number of nitrogens with one attached hydrogen (secondary N) is 1. The average molecular weight is 365 g/mol. The van der Waals surface area contributed by atoms with Gasteiger partial charge >= 0.3 is 12.0 Å². The SMILES string of the molecule is NC(=O)Nc1ccc(OC(=O)CCCCBr)c2ccccc12. The maximum absolute atomic E-state index is 11.9. The number of nitrogens with two attached hydrogens (primary N) is 1. The van der Waals surface area contributed by atoms with Crippen molar-refractivity contribution in [2.45, 2.75) is 19.3 Å². The molecule has 0 atom stereocenters. The third kappa shape index (κ3) is 4.21. The molecular formula is C16H17BrN2O3. The number of anilines is 1. The van der Waals surface area contributed by atoms with Crippen molar-refractivity contribution in [2.75, 3.05) is 10.6 Å². The monoisotopic (exact) mass is 364 g/mol. The molecule has 2 aromatic carbocycles. The van der Waals surface area contributed by atoms with Crippen LogP contribution in [0.15, 0.2) is 36.4 Å². The van der Waals surface area contributed by atoms with Crippen LogP contribution in [-0.2, 0) is 4.79 Å². The summed E-state index contributed by atoms with van der Waals surface area (Å²) < 4.78 is 5.44. The molecule has 3 N–H and O–H groups in total. The van der Waals surface area contributed by atoms with Gasteiger partial charge in [0.25, 0.3) is 0 Å². The molecule has 116 valence electrons. The molecule has 22 heavy (non-hydrogen) atoms. The molecule has 2 rings (SSSR count). The van der Waals surface area contributed by atoms with Gasteiger partial charge < -0.3 is 15.8 Å². The lowest BCUT2D eigenvalue weighted by Crippen LogP contribution is -2.19. The summed E-state index contributed by atoms with van der Waals surface area (Å²) >= 11 is 3.33. The third-order valence-electron chi connectivity index (χ3n) is 3.13. The lowest BCUT2D eigenvalue weighted by Gasteiger charge is -2.11. The maximum Gasteiger partial charge on any atom is 0.316 e. The van der Waals surface area contributed by atoms with E-state index in [-0.39, 0.29) is 5.97 Å². The van der Waals surface area contributed by atoms with Crippen molar-refractivity contribution in [1.82, 2.24) is 0 Å². The van der Waals surface area contributed by atoms with Gasteiger partial charge in [0, 0.05) is 22.5 Å². The number of hydrogen-bond acceptors (Lipinski definition) is 3. The van der Waals surface area contributed by atoms with E-state index in [1.165, 1.54) is 0 Å². The lowest BCUT2D eigenvalue weighted by atomic mass is 10.1. The number of ether oxygens (including phenoxy) is 1. The number of amides is 2. The van der Waals surface area contributed by atoms with E-state index in [4.69, 9.17) is 10.5 Å². The van der Waals surface area contributed by atoms with Gasteiger partial charge in [0.1, 0.15) is 5.75 Å². The number of fused-ring (bicyclic) bond motifs is 1. The van der Waals surface area contributed by atoms with Crippen molar-refractivity contribution in [3.05, 3.63) is 36.4 Å². The smallest absolute Gasteiger partial charge is 0.316 e. The Balaban J connectivity index is 2.24. The quantitative estimate of drug-likeness (QED) is 0.354. The van der Waals surface area contributed by atoms with Crippen molar-refractivity contribution >= 4 is 44.4 Å². The minimum atomic E-state index is -0.635. The fourth-order valence-electron chi connectivity index (χ4n) is 2.14. The fraction of sp³-hybridized carbons (Fsp3) is 0.250. The molecule has 0 aliphatic heterocycles. The first-order valence-corrected chi connectivity index (χ1v) is 8.09. The van der Waals surface area contributed by atoms with Crippen molar-refractivity contribution in [2.24, 2.45) is 5.73 Å². The van der Waals surface area contributed by atoms with E-state index in [1.54, 1.807) is 12.1 Å². The van der Waals surface area contributed by atoms with Gasteiger partial charge in [-0.15, -0.1) is 0 Å². The van der Waals surface area contributed by atoms with Gasteiger partial charge in [-0.2, -0.15) is 0 Å². The molecule has 0 saturated carbocycles. The predicted octanol–water partition coefficient (Wildman–Crippen LogP) is 3.80. The molecule has 0 aliphatic carbocycles. The van der Waals surface area contributed by atoms with Crippen LogP contribution in [0.25, 0.3) is 10.8 Å². The number of unbranched alkanes of at least 4 members (excludes halogenated alkanes) is 1. The molecule has 0 aliphatic rings. The van der Waals surface area contributed by atoms with Crippen LogP contribution in [0.3, 0.4) is 0 Å². The van der Waals surface area contributed by atoms with Crippen LogP contribution < -0.4 is 15.8 Å². The molecule has 0 fully saturated rings. The predicted molar refractivity (Wildman–Crippen MR) is 90.4 cm³/mol. The molecule has 0 aromatic heterocycles. The highest BCUT2D eigenvalue weighted by molar-refractivity contribution is 9.09. The van der Waals surface area contributed by atoms with Crippen LogP contribution in [0.2, 0.25) is 0 Å². The Morgan fingerprint density at radius 3 is 2.50 bits per heavy atom. The normalized spacial score (nSPS) is 10.4. The summed E-state index contributed by atoms with van der Waals surface area (Å²) in [7, 11) is 0. The number of halogens is 1.